The van der Waals surface area contributed by atoms with Gasteiger partial charge in [-0.05, 0) is 29.1 Å². The highest BCUT2D eigenvalue weighted by Crippen LogP contribution is 2.27. The van der Waals surface area contributed by atoms with E-state index in [0.29, 0.717) is 5.16 Å². The molecule has 0 aliphatic carbocycles. The Morgan fingerprint density at radius 1 is 1.65 bits per heavy atom. The lowest BCUT2D eigenvalue weighted by atomic mass is 10.6. The zero-order valence-corrected chi connectivity index (χ0v) is 10.8. The number of nitrogens with zero attached hydrogens (tertiary/aromatic N) is 5. The van der Waals surface area contributed by atoms with Crippen LogP contribution >= 0.6 is 23.1 Å². The highest BCUT2D eigenvalue weighted by atomic mass is 32.2. The first-order valence-electron chi connectivity index (χ1n) is 4.62. The van der Waals surface area contributed by atoms with Gasteiger partial charge in [0.15, 0.2) is 4.34 Å². The van der Waals surface area contributed by atoms with Gasteiger partial charge in [-0.1, -0.05) is 0 Å². The van der Waals surface area contributed by atoms with Crippen LogP contribution in [0.3, 0.4) is 0 Å². The normalized spacial score (nSPS) is 10.5. The number of aryl methyl sites for hydroxylation is 1. The molecule has 0 aromatic carbocycles. The number of esters is 1. The minimum absolute atomic E-state index is 0.00378. The van der Waals surface area contributed by atoms with Crippen molar-refractivity contribution in [1.82, 2.24) is 25.2 Å². The van der Waals surface area contributed by atoms with Gasteiger partial charge in [0.05, 0.1) is 7.11 Å². The minimum atomic E-state index is -0.394. The van der Waals surface area contributed by atoms with Crippen LogP contribution in [0.5, 0.6) is 0 Å². The van der Waals surface area contributed by atoms with Crippen LogP contribution in [-0.4, -0.2) is 38.3 Å². The number of thiazole rings is 1. The smallest absolute Gasteiger partial charge is 0.327 e. The van der Waals surface area contributed by atoms with Gasteiger partial charge >= 0.3 is 5.97 Å². The molecule has 0 spiro atoms. The van der Waals surface area contributed by atoms with Crippen molar-refractivity contribution in [3.05, 3.63) is 11.1 Å². The second kappa shape index (κ2) is 5.23. The molecule has 0 amide bonds. The summed E-state index contributed by atoms with van der Waals surface area (Å²) in [5.74, 6) is -0.394. The summed E-state index contributed by atoms with van der Waals surface area (Å²) in [5.41, 5.74) is 0.949. The summed E-state index contributed by atoms with van der Waals surface area (Å²) in [4.78, 5) is 15.4. The van der Waals surface area contributed by atoms with Crippen LogP contribution < -0.4 is 0 Å². The van der Waals surface area contributed by atoms with Gasteiger partial charge in [-0.3, -0.25) is 4.79 Å². The maximum atomic E-state index is 11.1. The molecule has 0 saturated heterocycles. The van der Waals surface area contributed by atoms with Crippen molar-refractivity contribution in [3.8, 4) is 0 Å². The predicted octanol–water partition coefficient (Wildman–Crippen LogP) is 0.762. The lowest BCUT2D eigenvalue weighted by molar-refractivity contribution is -0.141. The Balaban J connectivity index is 2.11. The molecular weight excluding hydrogens is 262 g/mol. The zero-order valence-electron chi connectivity index (χ0n) is 9.15. The largest absolute Gasteiger partial charge is 0.468 e. The van der Waals surface area contributed by atoms with Crippen LogP contribution in [0.4, 0.5) is 0 Å². The Kier molecular flexibility index (Phi) is 3.69. The van der Waals surface area contributed by atoms with E-state index in [9.17, 15) is 4.79 Å². The molecule has 0 aliphatic heterocycles. The van der Waals surface area contributed by atoms with Crippen LogP contribution in [0.2, 0.25) is 0 Å². The molecular formula is C8H9N5O2S2. The summed E-state index contributed by atoms with van der Waals surface area (Å²) in [6, 6.07) is 0. The quantitative estimate of drug-likeness (QED) is 0.759. The fourth-order valence-corrected chi connectivity index (χ4v) is 2.72. The van der Waals surface area contributed by atoms with Gasteiger partial charge in [0.1, 0.15) is 6.54 Å². The van der Waals surface area contributed by atoms with Crippen molar-refractivity contribution in [3.63, 3.8) is 0 Å². The van der Waals surface area contributed by atoms with Crippen molar-refractivity contribution < 1.29 is 9.53 Å². The maximum absolute atomic E-state index is 11.1. The van der Waals surface area contributed by atoms with Gasteiger partial charge in [0, 0.05) is 11.1 Å². The molecule has 0 radical (unpaired) electrons. The molecule has 0 fully saturated rings. The fraction of sp³-hybridized carbons (Fsp3) is 0.375. The third-order valence-corrected chi connectivity index (χ3v) is 3.81. The first kappa shape index (κ1) is 12.0. The molecule has 2 aromatic heterocycles. The summed E-state index contributed by atoms with van der Waals surface area (Å²) < 4.78 is 6.77. The number of methoxy groups -OCH3 is 1. The molecule has 17 heavy (non-hydrogen) atoms. The molecule has 2 aromatic rings. The summed E-state index contributed by atoms with van der Waals surface area (Å²) >= 11 is 2.83. The Morgan fingerprint density at radius 3 is 3.12 bits per heavy atom. The number of carbonyl (C=O) groups excluding carboxylic acids is 1. The molecule has 2 rings (SSSR count). The first-order chi connectivity index (χ1) is 8.19. The first-order valence-corrected chi connectivity index (χ1v) is 6.31. The second-order valence-corrected chi connectivity index (χ2v) is 5.12. The molecule has 9 heteroatoms. The SMILES string of the molecule is COC(=O)Cn1nnnc1Sc1nc(C)cs1. The van der Waals surface area contributed by atoms with Gasteiger partial charge in [-0.15, -0.1) is 16.4 Å². The Hall–Kier alpha value is -1.48. The molecule has 90 valence electrons. The molecule has 0 unspecified atom stereocenters. The highest BCUT2D eigenvalue weighted by molar-refractivity contribution is 8.00. The molecule has 0 aliphatic rings. The summed E-state index contributed by atoms with van der Waals surface area (Å²) in [6.07, 6.45) is 0. The van der Waals surface area contributed by atoms with E-state index in [1.165, 1.54) is 34.9 Å². The fourth-order valence-electron chi connectivity index (χ4n) is 1.01. The number of tetrazole rings is 1. The van der Waals surface area contributed by atoms with Crippen LogP contribution in [0, 0.1) is 6.92 Å². The van der Waals surface area contributed by atoms with Crippen LogP contribution in [-0.2, 0) is 16.1 Å². The number of aromatic nitrogens is 5. The number of rotatable bonds is 4. The number of carbonyl (C=O) groups is 1. The third-order valence-electron chi connectivity index (χ3n) is 1.78. The average molecular weight is 271 g/mol. The van der Waals surface area contributed by atoms with E-state index in [4.69, 9.17) is 0 Å². The monoisotopic (exact) mass is 271 g/mol. The molecule has 2 heterocycles. The van der Waals surface area contributed by atoms with Crippen molar-refractivity contribution in [2.75, 3.05) is 7.11 Å². The zero-order chi connectivity index (χ0) is 12.3. The summed E-state index contributed by atoms with van der Waals surface area (Å²) in [6.45, 7) is 1.91. The van der Waals surface area contributed by atoms with Gasteiger partial charge in [-0.25, -0.2) is 9.67 Å². The van der Waals surface area contributed by atoms with Gasteiger partial charge < -0.3 is 4.74 Å². The summed E-state index contributed by atoms with van der Waals surface area (Å²) in [5, 5.41) is 13.5. The van der Waals surface area contributed by atoms with E-state index in [-0.39, 0.29) is 6.54 Å². The maximum Gasteiger partial charge on any atom is 0.327 e. The van der Waals surface area contributed by atoms with E-state index in [0.717, 1.165) is 10.0 Å². The highest BCUT2D eigenvalue weighted by Gasteiger charge is 2.13. The van der Waals surface area contributed by atoms with Gasteiger partial charge in [0.2, 0.25) is 5.16 Å². The van der Waals surface area contributed by atoms with E-state index in [1.807, 2.05) is 12.3 Å². The van der Waals surface area contributed by atoms with Crippen LogP contribution in [0.25, 0.3) is 0 Å². The molecule has 7 nitrogen and oxygen atoms in total. The third kappa shape index (κ3) is 3.01. The van der Waals surface area contributed by atoms with Gasteiger partial charge in [-0.2, -0.15) is 0 Å². The average Bonchev–Trinajstić information content (AvgIpc) is 2.89. The van der Waals surface area contributed by atoms with E-state index >= 15 is 0 Å². The van der Waals surface area contributed by atoms with E-state index < -0.39 is 5.97 Å². The lowest BCUT2D eigenvalue weighted by Crippen LogP contribution is -2.13. The Morgan fingerprint density at radius 2 is 2.47 bits per heavy atom. The van der Waals surface area contributed by atoms with Crippen molar-refractivity contribution in [2.24, 2.45) is 0 Å². The second-order valence-electron chi connectivity index (χ2n) is 3.05. The number of hydrogen-bond donors (Lipinski definition) is 0. The Bertz CT molecular complexity index is 523. The van der Waals surface area contributed by atoms with Crippen molar-refractivity contribution in [2.45, 2.75) is 23.0 Å². The lowest BCUT2D eigenvalue weighted by Gasteiger charge is -2.00. The van der Waals surface area contributed by atoms with E-state index in [2.05, 4.69) is 25.2 Å². The topological polar surface area (TPSA) is 82.8 Å². The molecule has 0 saturated carbocycles. The summed E-state index contributed by atoms with van der Waals surface area (Å²) in [7, 11) is 1.32. The van der Waals surface area contributed by atoms with Crippen LogP contribution in [0.15, 0.2) is 14.9 Å². The minimum Gasteiger partial charge on any atom is -0.468 e. The molecule has 0 N–H and O–H groups in total. The van der Waals surface area contributed by atoms with Gasteiger partial charge in [0.25, 0.3) is 0 Å². The van der Waals surface area contributed by atoms with Crippen LogP contribution in [0.1, 0.15) is 5.69 Å². The standard InChI is InChI=1S/C8H9N5O2S2/c1-5-4-16-8(9-5)17-7-10-11-12-13(7)3-6(14)15-2/h4H,3H2,1-2H3. The predicted molar refractivity (Wildman–Crippen MR) is 60.8 cm³/mol. The molecule has 0 atom stereocenters. The van der Waals surface area contributed by atoms with Crippen molar-refractivity contribution >= 4 is 29.1 Å². The van der Waals surface area contributed by atoms with Crippen molar-refractivity contribution in [1.29, 1.82) is 0 Å². The number of ether oxygens (including phenoxy) is 1. The number of hydrogen-bond acceptors (Lipinski definition) is 8. The molecule has 0 bridgehead atoms. The Labute approximate surface area is 105 Å². The van der Waals surface area contributed by atoms with E-state index in [1.54, 1.807) is 0 Å².